The highest BCUT2D eigenvalue weighted by Gasteiger charge is 2.06. The van der Waals surface area contributed by atoms with Crippen molar-refractivity contribution in [2.24, 2.45) is 0 Å². The SMILES string of the molecule is [c]1cccc2c1OCCCC2. The minimum Gasteiger partial charge on any atom is -0.493 e. The van der Waals surface area contributed by atoms with Gasteiger partial charge in [0.25, 0.3) is 0 Å². The van der Waals surface area contributed by atoms with Gasteiger partial charge in [0.1, 0.15) is 5.75 Å². The Kier molecular flexibility index (Phi) is 1.80. The monoisotopic (exact) mass is 147 g/mol. The molecular weight excluding hydrogens is 136 g/mol. The van der Waals surface area contributed by atoms with Crippen LogP contribution in [0.1, 0.15) is 18.4 Å². The van der Waals surface area contributed by atoms with Crippen LogP contribution in [0.5, 0.6) is 5.75 Å². The third-order valence-corrected chi connectivity index (χ3v) is 1.99. The summed E-state index contributed by atoms with van der Waals surface area (Å²) < 4.78 is 5.49. The first kappa shape index (κ1) is 6.71. The van der Waals surface area contributed by atoms with Crippen molar-refractivity contribution in [2.75, 3.05) is 6.61 Å². The van der Waals surface area contributed by atoms with Gasteiger partial charge in [0, 0.05) is 6.07 Å². The van der Waals surface area contributed by atoms with Gasteiger partial charge in [0.05, 0.1) is 6.61 Å². The van der Waals surface area contributed by atoms with Crippen molar-refractivity contribution < 1.29 is 4.74 Å². The molecule has 0 unspecified atom stereocenters. The minimum atomic E-state index is 0.855. The van der Waals surface area contributed by atoms with Crippen LogP contribution in [0.2, 0.25) is 0 Å². The van der Waals surface area contributed by atoms with Crippen LogP contribution >= 0.6 is 0 Å². The first-order chi connectivity index (χ1) is 5.47. The van der Waals surface area contributed by atoms with E-state index in [9.17, 15) is 0 Å². The average molecular weight is 147 g/mol. The molecule has 1 nitrogen and oxygen atoms in total. The van der Waals surface area contributed by atoms with Crippen molar-refractivity contribution in [2.45, 2.75) is 19.3 Å². The highest BCUT2D eigenvalue weighted by Crippen LogP contribution is 2.22. The van der Waals surface area contributed by atoms with Crippen molar-refractivity contribution >= 4 is 0 Å². The maximum atomic E-state index is 5.49. The lowest BCUT2D eigenvalue weighted by molar-refractivity contribution is 0.316. The Labute approximate surface area is 67.0 Å². The number of para-hydroxylation sites is 1. The highest BCUT2D eigenvalue weighted by molar-refractivity contribution is 5.32. The van der Waals surface area contributed by atoms with E-state index < -0.39 is 0 Å². The summed E-state index contributed by atoms with van der Waals surface area (Å²) >= 11 is 0. The molecule has 1 aliphatic heterocycles. The lowest BCUT2D eigenvalue weighted by Gasteiger charge is -2.03. The van der Waals surface area contributed by atoms with E-state index >= 15 is 0 Å². The van der Waals surface area contributed by atoms with Crippen molar-refractivity contribution in [3.63, 3.8) is 0 Å². The Balaban J connectivity index is 2.33. The van der Waals surface area contributed by atoms with Crippen LogP contribution in [0.3, 0.4) is 0 Å². The summed E-state index contributed by atoms with van der Waals surface area (Å²) in [5.41, 5.74) is 1.31. The number of ether oxygens (including phenoxy) is 1. The minimum absolute atomic E-state index is 0.855. The topological polar surface area (TPSA) is 9.23 Å². The average Bonchev–Trinajstić information content (AvgIpc) is 2.28. The molecular formula is C10H11O. The molecule has 1 heteroatoms. The smallest absolute Gasteiger partial charge is 0.130 e. The second-order valence-electron chi connectivity index (χ2n) is 2.83. The van der Waals surface area contributed by atoms with Crippen LogP contribution in [-0.2, 0) is 6.42 Å². The van der Waals surface area contributed by atoms with Gasteiger partial charge in [0.15, 0.2) is 0 Å². The van der Waals surface area contributed by atoms with Gasteiger partial charge in [-0.15, -0.1) is 0 Å². The van der Waals surface area contributed by atoms with Crippen molar-refractivity contribution in [1.82, 2.24) is 0 Å². The number of aryl methyl sites for hydroxylation is 1. The van der Waals surface area contributed by atoms with E-state index in [1.165, 1.54) is 18.4 Å². The molecule has 0 atom stereocenters. The maximum absolute atomic E-state index is 5.49. The van der Waals surface area contributed by atoms with Gasteiger partial charge in [-0.05, 0) is 24.8 Å². The predicted octanol–water partition coefficient (Wildman–Crippen LogP) is 2.20. The zero-order valence-corrected chi connectivity index (χ0v) is 6.47. The number of hydrogen-bond acceptors (Lipinski definition) is 1. The van der Waals surface area contributed by atoms with Crippen molar-refractivity contribution in [3.8, 4) is 5.75 Å². The molecule has 1 aliphatic rings. The molecule has 0 aromatic heterocycles. The van der Waals surface area contributed by atoms with Gasteiger partial charge >= 0.3 is 0 Å². The fraction of sp³-hybridized carbons (Fsp3) is 0.400. The van der Waals surface area contributed by atoms with Crippen LogP contribution in [-0.4, -0.2) is 6.61 Å². The van der Waals surface area contributed by atoms with Gasteiger partial charge in [-0.3, -0.25) is 0 Å². The molecule has 1 radical (unpaired) electrons. The second kappa shape index (κ2) is 2.95. The summed E-state index contributed by atoms with van der Waals surface area (Å²) in [6.45, 7) is 0.855. The summed E-state index contributed by atoms with van der Waals surface area (Å²) in [5.74, 6) is 0.963. The Hall–Kier alpha value is -0.980. The van der Waals surface area contributed by atoms with Crippen LogP contribution < -0.4 is 4.74 Å². The molecule has 0 spiro atoms. The molecule has 0 amide bonds. The molecule has 0 aliphatic carbocycles. The molecule has 1 aromatic carbocycles. The number of hydrogen-bond donors (Lipinski definition) is 0. The number of benzene rings is 1. The van der Waals surface area contributed by atoms with Gasteiger partial charge in [-0.2, -0.15) is 0 Å². The summed E-state index contributed by atoms with van der Waals surface area (Å²) in [5, 5.41) is 0. The van der Waals surface area contributed by atoms with E-state index in [2.05, 4.69) is 12.1 Å². The summed E-state index contributed by atoms with van der Waals surface area (Å²) in [7, 11) is 0. The van der Waals surface area contributed by atoms with Crippen LogP contribution in [0.25, 0.3) is 0 Å². The first-order valence-corrected chi connectivity index (χ1v) is 4.09. The lowest BCUT2D eigenvalue weighted by Crippen LogP contribution is -1.94. The molecule has 2 rings (SSSR count). The number of rotatable bonds is 0. The Morgan fingerprint density at radius 2 is 2.36 bits per heavy atom. The molecule has 1 aromatic rings. The first-order valence-electron chi connectivity index (χ1n) is 4.09. The van der Waals surface area contributed by atoms with Crippen molar-refractivity contribution in [3.05, 3.63) is 29.8 Å². The van der Waals surface area contributed by atoms with Gasteiger partial charge < -0.3 is 4.74 Å². The standard InChI is InChI=1S/C10H11O/c1-2-7-10-9(5-1)6-3-4-8-11-10/h1-2,5H,3-4,6,8H2. The molecule has 0 fully saturated rings. The van der Waals surface area contributed by atoms with Gasteiger partial charge in [0.2, 0.25) is 0 Å². The molecule has 1 heterocycles. The molecule has 11 heavy (non-hydrogen) atoms. The Morgan fingerprint density at radius 1 is 1.36 bits per heavy atom. The highest BCUT2D eigenvalue weighted by atomic mass is 16.5. The third-order valence-electron chi connectivity index (χ3n) is 1.99. The predicted molar refractivity (Wildman–Crippen MR) is 43.7 cm³/mol. The van der Waals surface area contributed by atoms with Crippen LogP contribution in [0.15, 0.2) is 18.2 Å². The molecule has 57 valence electrons. The lowest BCUT2D eigenvalue weighted by atomic mass is 10.1. The largest absolute Gasteiger partial charge is 0.493 e. The van der Waals surface area contributed by atoms with E-state index in [1.807, 2.05) is 12.1 Å². The quantitative estimate of drug-likeness (QED) is 0.546. The van der Waals surface area contributed by atoms with Gasteiger partial charge in [-0.25, -0.2) is 0 Å². The zero-order valence-electron chi connectivity index (χ0n) is 6.47. The summed E-state index contributed by atoms with van der Waals surface area (Å²) in [6.07, 6.45) is 3.56. The maximum Gasteiger partial charge on any atom is 0.130 e. The fourth-order valence-corrected chi connectivity index (χ4v) is 1.38. The summed E-state index contributed by atoms with van der Waals surface area (Å²) in [4.78, 5) is 0. The van der Waals surface area contributed by atoms with E-state index in [1.54, 1.807) is 0 Å². The van der Waals surface area contributed by atoms with E-state index in [0.29, 0.717) is 0 Å². The van der Waals surface area contributed by atoms with E-state index in [0.717, 1.165) is 18.8 Å². The molecule has 0 saturated carbocycles. The fourth-order valence-electron chi connectivity index (χ4n) is 1.38. The normalized spacial score (nSPS) is 16.4. The molecule has 0 saturated heterocycles. The third kappa shape index (κ3) is 1.37. The molecule has 0 N–H and O–H groups in total. The van der Waals surface area contributed by atoms with E-state index in [-0.39, 0.29) is 0 Å². The number of fused-ring (bicyclic) bond motifs is 1. The van der Waals surface area contributed by atoms with Crippen molar-refractivity contribution in [1.29, 1.82) is 0 Å². The van der Waals surface area contributed by atoms with Crippen LogP contribution in [0, 0.1) is 6.07 Å². The zero-order chi connectivity index (χ0) is 7.52. The van der Waals surface area contributed by atoms with Crippen LogP contribution in [0.4, 0.5) is 0 Å². The van der Waals surface area contributed by atoms with Gasteiger partial charge in [-0.1, -0.05) is 18.2 Å². The molecule has 0 bridgehead atoms. The Bertz CT molecular complexity index is 217. The Morgan fingerprint density at radius 3 is 3.36 bits per heavy atom. The summed E-state index contributed by atoms with van der Waals surface area (Å²) in [6, 6.07) is 9.16. The van der Waals surface area contributed by atoms with E-state index in [4.69, 9.17) is 4.74 Å². The second-order valence-corrected chi connectivity index (χ2v) is 2.83.